The predicted octanol–water partition coefficient (Wildman–Crippen LogP) is 2.02. The fourth-order valence-corrected chi connectivity index (χ4v) is 2.03. The number of pyridine rings is 1. The Balaban J connectivity index is 2.14. The largest absolute Gasteiger partial charge is 0.387 e. The molecule has 5 heteroatoms. The monoisotopic (exact) mass is 235 g/mol. The molecule has 84 valence electrons. The number of rotatable bonds is 3. The standard InChI is InChI=1S/C11H13N3OS/c1-8(15)10-4-3-9(7-13-10)16-11-12-5-6-14(11)2/h3-8,15H,1-2H3. The lowest BCUT2D eigenvalue weighted by molar-refractivity contribution is 0.194. The second kappa shape index (κ2) is 4.67. The van der Waals surface area contributed by atoms with Crippen molar-refractivity contribution in [2.75, 3.05) is 0 Å². The van der Waals surface area contributed by atoms with Crippen LogP contribution in [0.2, 0.25) is 0 Å². The van der Waals surface area contributed by atoms with Crippen molar-refractivity contribution >= 4 is 11.8 Å². The van der Waals surface area contributed by atoms with Crippen LogP contribution in [-0.4, -0.2) is 19.6 Å². The Bertz CT molecular complexity index is 464. The van der Waals surface area contributed by atoms with Crippen molar-refractivity contribution in [1.29, 1.82) is 0 Å². The maximum atomic E-state index is 9.33. The molecule has 0 bridgehead atoms. The third-order valence-corrected chi connectivity index (χ3v) is 3.23. The molecule has 0 radical (unpaired) electrons. The van der Waals surface area contributed by atoms with Crippen molar-refractivity contribution < 1.29 is 5.11 Å². The minimum absolute atomic E-state index is 0.521. The number of aliphatic hydroxyl groups is 1. The van der Waals surface area contributed by atoms with Crippen LogP contribution in [0, 0.1) is 0 Å². The molecule has 0 saturated heterocycles. The molecule has 0 fully saturated rings. The Morgan fingerprint density at radius 3 is 2.69 bits per heavy atom. The van der Waals surface area contributed by atoms with Gasteiger partial charge in [-0.2, -0.15) is 0 Å². The lowest BCUT2D eigenvalue weighted by Gasteiger charge is -2.05. The summed E-state index contributed by atoms with van der Waals surface area (Å²) in [5.74, 6) is 0. The first-order valence-corrected chi connectivity index (χ1v) is 5.77. The molecule has 0 aliphatic carbocycles. The molecule has 1 unspecified atom stereocenters. The van der Waals surface area contributed by atoms with E-state index in [4.69, 9.17) is 0 Å². The summed E-state index contributed by atoms with van der Waals surface area (Å²) in [7, 11) is 1.95. The van der Waals surface area contributed by atoms with E-state index in [9.17, 15) is 5.11 Å². The fourth-order valence-electron chi connectivity index (χ4n) is 1.25. The van der Waals surface area contributed by atoms with Gasteiger partial charge in [-0.05, 0) is 19.1 Å². The highest BCUT2D eigenvalue weighted by molar-refractivity contribution is 7.99. The van der Waals surface area contributed by atoms with E-state index in [-0.39, 0.29) is 0 Å². The molecule has 0 amide bonds. The van der Waals surface area contributed by atoms with Gasteiger partial charge in [0.25, 0.3) is 0 Å². The SMILES string of the molecule is CC(O)c1ccc(Sc2nccn2C)cn1. The third kappa shape index (κ3) is 2.43. The molecule has 0 aliphatic heterocycles. The molecule has 2 rings (SSSR count). The van der Waals surface area contributed by atoms with Gasteiger partial charge >= 0.3 is 0 Å². The molecule has 0 saturated carbocycles. The van der Waals surface area contributed by atoms with Crippen molar-refractivity contribution in [3.63, 3.8) is 0 Å². The van der Waals surface area contributed by atoms with E-state index in [1.165, 1.54) is 0 Å². The normalized spacial score (nSPS) is 12.7. The number of imidazole rings is 1. The van der Waals surface area contributed by atoms with Gasteiger partial charge in [0.2, 0.25) is 0 Å². The number of aliphatic hydroxyl groups excluding tert-OH is 1. The molecular formula is C11H13N3OS. The van der Waals surface area contributed by atoms with E-state index in [0.29, 0.717) is 5.69 Å². The van der Waals surface area contributed by atoms with Crippen molar-refractivity contribution in [3.05, 3.63) is 36.4 Å². The first-order valence-electron chi connectivity index (χ1n) is 4.96. The summed E-state index contributed by atoms with van der Waals surface area (Å²) in [6.07, 6.45) is 4.90. The van der Waals surface area contributed by atoms with E-state index in [1.54, 1.807) is 31.1 Å². The lowest BCUT2D eigenvalue weighted by Crippen LogP contribution is -1.94. The quantitative estimate of drug-likeness (QED) is 0.884. The zero-order valence-corrected chi connectivity index (χ0v) is 9.98. The lowest BCUT2D eigenvalue weighted by atomic mass is 10.2. The summed E-state index contributed by atoms with van der Waals surface area (Å²) in [4.78, 5) is 9.41. The molecule has 0 aromatic carbocycles. The molecule has 4 nitrogen and oxygen atoms in total. The molecule has 2 aromatic heterocycles. The van der Waals surface area contributed by atoms with Crippen LogP contribution in [0.1, 0.15) is 18.7 Å². The Labute approximate surface area is 98.4 Å². The average Bonchev–Trinajstić information content (AvgIpc) is 2.65. The number of nitrogens with zero attached hydrogens (tertiary/aromatic N) is 3. The van der Waals surface area contributed by atoms with Crippen LogP contribution in [0.3, 0.4) is 0 Å². The predicted molar refractivity (Wildman–Crippen MR) is 62.2 cm³/mol. The van der Waals surface area contributed by atoms with Crippen molar-refractivity contribution in [2.45, 2.75) is 23.1 Å². The van der Waals surface area contributed by atoms with Crippen LogP contribution in [0.25, 0.3) is 0 Å². The van der Waals surface area contributed by atoms with E-state index in [2.05, 4.69) is 9.97 Å². The summed E-state index contributed by atoms with van der Waals surface area (Å²) in [6.45, 7) is 1.70. The molecule has 1 atom stereocenters. The average molecular weight is 235 g/mol. The first kappa shape index (κ1) is 11.2. The van der Waals surface area contributed by atoms with Crippen molar-refractivity contribution in [3.8, 4) is 0 Å². The van der Waals surface area contributed by atoms with Crippen LogP contribution < -0.4 is 0 Å². The van der Waals surface area contributed by atoms with E-state index in [1.807, 2.05) is 29.9 Å². The van der Waals surface area contributed by atoms with Gasteiger partial charge in [0.1, 0.15) is 0 Å². The highest BCUT2D eigenvalue weighted by Gasteiger charge is 2.05. The Hall–Kier alpha value is -1.33. The van der Waals surface area contributed by atoms with E-state index in [0.717, 1.165) is 10.1 Å². The van der Waals surface area contributed by atoms with E-state index < -0.39 is 6.10 Å². The fraction of sp³-hybridized carbons (Fsp3) is 0.273. The van der Waals surface area contributed by atoms with Gasteiger partial charge in [-0.1, -0.05) is 11.8 Å². The van der Waals surface area contributed by atoms with Gasteiger partial charge in [0.15, 0.2) is 5.16 Å². The van der Waals surface area contributed by atoms with Crippen LogP contribution in [0.4, 0.5) is 0 Å². The molecule has 2 heterocycles. The molecular weight excluding hydrogens is 222 g/mol. The number of hydrogen-bond donors (Lipinski definition) is 1. The third-order valence-electron chi connectivity index (χ3n) is 2.17. The Morgan fingerprint density at radius 1 is 1.38 bits per heavy atom. The number of aromatic nitrogens is 3. The number of aryl methyl sites for hydroxylation is 1. The van der Waals surface area contributed by atoms with Gasteiger partial charge in [-0.25, -0.2) is 4.98 Å². The molecule has 0 spiro atoms. The maximum Gasteiger partial charge on any atom is 0.172 e. The second-order valence-corrected chi connectivity index (χ2v) is 4.56. The first-order chi connectivity index (χ1) is 7.66. The topological polar surface area (TPSA) is 50.9 Å². The van der Waals surface area contributed by atoms with Crippen LogP contribution in [0.15, 0.2) is 40.8 Å². The van der Waals surface area contributed by atoms with Gasteiger partial charge < -0.3 is 9.67 Å². The Morgan fingerprint density at radius 2 is 2.19 bits per heavy atom. The summed E-state index contributed by atoms with van der Waals surface area (Å²) in [5.41, 5.74) is 0.684. The van der Waals surface area contributed by atoms with Crippen LogP contribution >= 0.6 is 11.8 Å². The van der Waals surface area contributed by atoms with Crippen molar-refractivity contribution in [2.24, 2.45) is 7.05 Å². The second-order valence-electron chi connectivity index (χ2n) is 3.52. The molecule has 2 aromatic rings. The Kier molecular flexibility index (Phi) is 3.26. The number of hydrogen-bond acceptors (Lipinski definition) is 4. The summed E-state index contributed by atoms with van der Waals surface area (Å²) in [5, 5.41) is 10.3. The zero-order chi connectivity index (χ0) is 11.5. The molecule has 0 aliphatic rings. The van der Waals surface area contributed by atoms with Gasteiger partial charge in [0.05, 0.1) is 11.8 Å². The van der Waals surface area contributed by atoms with Crippen LogP contribution in [-0.2, 0) is 7.05 Å². The summed E-state index contributed by atoms with van der Waals surface area (Å²) in [6, 6.07) is 3.77. The highest BCUT2D eigenvalue weighted by atomic mass is 32.2. The maximum absolute atomic E-state index is 9.33. The summed E-state index contributed by atoms with van der Waals surface area (Å²) < 4.78 is 1.95. The minimum Gasteiger partial charge on any atom is -0.387 e. The van der Waals surface area contributed by atoms with Gasteiger partial charge in [-0.3, -0.25) is 4.98 Å². The molecule has 16 heavy (non-hydrogen) atoms. The highest BCUT2D eigenvalue weighted by Crippen LogP contribution is 2.25. The smallest absolute Gasteiger partial charge is 0.172 e. The minimum atomic E-state index is -0.521. The summed E-state index contributed by atoms with van der Waals surface area (Å²) >= 11 is 1.55. The van der Waals surface area contributed by atoms with Crippen LogP contribution in [0.5, 0.6) is 0 Å². The zero-order valence-electron chi connectivity index (χ0n) is 9.16. The van der Waals surface area contributed by atoms with E-state index >= 15 is 0 Å². The molecule has 1 N–H and O–H groups in total. The van der Waals surface area contributed by atoms with Gasteiger partial charge in [-0.15, -0.1) is 0 Å². The van der Waals surface area contributed by atoms with Gasteiger partial charge in [0, 0.05) is 30.5 Å². The van der Waals surface area contributed by atoms with Crippen molar-refractivity contribution in [1.82, 2.24) is 14.5 Å².